The molecule has 1 saturated heterocycles. The van der Waals surface area contributed by atoms with E-state index < -0.39 is 6.09 Å². The molecule has 2 aliphatic rings. The summed E-state index contributed by atoms with van der Waals surface area (Å²) in [6.07, 6.45) is -0.226. The maximum atomic E-state index is 12.8. The summed E-state index contributed by atoms with van der Waals surface area (Å²) >= 11 is 0. The van der Waals surface area contributed by atoms with Crippen LogP contribution in [0.3, 0.4) is 0 Å². The molecular formula is C25H21N3O4. The monoisotopic (exact) mass is 427 g/mol. The van der Waals surface area contributed by atoms with Gasteiger partial charge in [-0.15, -0.1) is 0 Å². The molecule has 3 aromatic carbocycles. The fourth-order valence-corrected chi connectivity index (χ4v) is 4.50. The van der Waals surface area contributed by atoms with Gasteiger partial charge in [0.2, 0.25) is 0 Å². The third kappa shape index (κ3) is 3.05. The number of nitrogens with one attached hydrogen (secondary N) is 1. The minimum atomic E-state index is -0.549. The number of fused-ring (bicyclic) bond motifs is 5. The van der Waals surface area contributed by atoms with Crippen LogP contribution in [-0.4, -0.2) is 36.6 Å². The van der Waals surface area contributed by atoms with Gasteiger partial charge in [-0.2, -0.15) is 0 Å². The van der Waals surface area contributed by atoms with Crippen LogP contribution in [0.25, 0.3) is 21.9 Å². The van der Waals surface area contributed by atoms with Crippen molar-refractivity contribution in [1.29, 1.82) is 0 Å². The van der Waals surface area contributed by atoms with Crippen molar-refractivity contribution >= 4 is 45.2 Å². The molecular weight excluding hydrogens is 406 g/mol. The summed E-state index contributed by atoms with van der Waals surface area (Å²) in [4.78, 5) is 19.7. The molecule has 2 aliphatic heterocycles. The number of carbonyl (C=O) groups excluding carboxylic acids is 1. The zero-order chi connectivity index (χ0) is 21.7. The lowest BCUT2D eigenvalue weighted by atomic mass is 10.1. The molecule has 0 saturated carbocycles. The number of furan rings is 1. The predicted molar refractivity (Wildman–Crippen MR) is 123 cm³/mol. The number of hydrogen-bond donors (Lipinski definition) is 1. The van der Waals surface area contributed by atoms with Crippen LogP contribution >= 0.6 is 0 Å². The van der Waals surface area contributed by atoms with Gasteiger partial charge in [-0.1, -0.05) is 36.4 Å². The Hall–Kier alpha value is -4.00. The SMILES string of the molecule is COc1cc2c(cc1NC(=O)O[C@@H]1CCN3Cc4ccccc4N=C13)oc1ccccc12. The number of nitrogens with zero attached hydrogens (tertiary/aromatic N) is 2. The Balaban J connectivity index is 1.25. The first-order valence-corrected chi connectivity index (χ1v) is 10.6. The summed E-state index contributed by atoms with van der Waals surface area (Å²) in [5.74, 6) is 1.34. The zero-order valence-electron chi connectivity index (χ0n) is 17.5. The van der Waals surface area contributed by atoms with Gasteiger partial charge in [0.25, 0.3) is 0 Å². The second-order valence-corrected chi connectivity index (χ2v) is 7.97. The number of benzene rings is 3. The summed E-state index contributed by atoms with van der Waals surface area (Å²) in [6, 6.07) is 19.5. The molecule has 160 valence electrons. The lowest BCUT2D eigenvalue weighted by Crippen LogP contribution is -2.34. The molecule has 0 spiro atoms. The van der Waals surface area contributed by atoms with E-state index in [1.54, 1.807) is 13.2 Å². The number of aliphatic imine (C=N–C) groups is 1. The van der Waals surface area contributed by atoms with Crippen molar-refractivity contribution in [2.75, 3.05) is 19.0 Å². The Bertz CT molecular complexity index is 1390. The van der Waals surface area contributed by atoms with Gasteiger partial charge in [-0.25, -0.2) is 9.79 Å². The molecule has 1 atom stereocenters. The minimum Gasteiger partial charge on any atom is -0.495 e. The summed E-state index contributed by atoms with van der Waals surface area (Å²) in [5, 5.41) is 4.75. The van der Waals surface area contributed by atoms with Gasteiger partial charge in [-0.05, 0) is 23.8 Å². The minimum absolute atomic E-state index is 0.385. The molecule has 7 nitrogen and oxygen atoms in total. The van der Waals surface area contributed by atoms with Crippen molar-refractivity contribution < 1.29 is 18.7 Å². The van der Waals surface area contributed by atoms with Crippen molar-refractivity contribution in [1.82, 2.24) is 4.90 Å². The second-order valence-electron chi connectivity index (χ2n) is 7.97. The summed E-state index contributed by atoms with van der Waals surface area (Å²) in [7, 11) is 1.57. The Morgan fingerprint density at radius 1 is 1.09 bits per heavy atom. The molecule has 6 rings (SSSR count). The van der Waals surface area contributed by atoms with Crippen molar-refractivity contribution in [2.45, 2.75) is 19.1 Å². The third-order valence-corrected chi connectivity index (χ3v) is 6.05. The third-order valence-electron chi connectivity index (χ3n) is 6.05. The van der Waals surface area contributed by atoms with E-state index in [9.17, 15) is 4.79 Å². The van der Waals surface area contributed by atoms with Crippen LogP contribution in [0, 0.1) is 0 Å². The number of carbonyl (C=O) groups is 1. The average molecular weight is 427 g/mol. The van der Waals surface area contributed by atoms with E-state index in [2.05, 4.69) is 16.3 Å². The number of anilines is 1. The van der Waals surface area contributed by atoms with E-state index in [-0.39, 0.29) is 6.10 Å². The second kappa shape index (κ2) is 7.30. The zero-order valence-corrected chi connectivity index (χ0v) is 17.5. The van der Waals surface area contributed by atoms with E-state index >= 15 is 0 Å². The van der Waals surface area contributed by atoms with Gasteiger partial charge >= 0.3 is 6.09 Å². The first-order chi connectivity index (χ1) is 15.7. The smallest absolute Gasteiger partial charge is 0.412 e. The Morgan fingerprint density at radius 2 is 1.94 bits per heavy atom. The average Bonchev–Trinajstić information content (AvgIpc) is 3.37. The van der Waals surface area contributed by atoms with Crippen LogP contribution in [-0.2, 0) is 11.3 Å². The number of ether oxygens (including phenoxy) is 2. The highest BCUT2D eigenvalue weighted by Crippen LogP contribution is 2.37. The molecule has 0 radical (unpaired) electrons. The topological polar surface area (TPSA) is 76.3 Å². The number of methoxy groups -OCH3 is 1. The van der Waals surface area contributed by atoms with Crippen LogP contribution in [0.1, 0.15) is 12.0 Å². The van der Waals surface area contributed by atoms with E-state index in [0.29, 0.717) is 23.4 Å². The molecule has 4 aromatic rings. The highest BCUT2D eigenvalue weighted by molar-refractivity contribution is 6.07. The number of amidine groups is 1. The molecule has 0 bridgehead atoms. The van der Waals surface area contributed by atoms with E-state index in [0.717, 1.165) is 41.0 Å². The normalized spacial score (nSPS) is 17.1. The molecule has 0 aliphatic carbocycles. The number of amides is 1. The van der Waals surface area contributed by atoms with Gasteiger partial charge in [0.15, 0.2) is 6.10 Å². The van der Waals surface area contributed by atoms with Crippen molar-refractivity contribution in [3.63, 3.8) is 0 Å². The number of para-hydroxylation sites is 2. The highest BCUT2D eigenvalue weighted by atomic mass is 16.6. The highest BCUT2D eigenvalue weighted by Gasteiger charge is 2.35. The fourth-order valence-electron chi connectivity index (χ4n) is 4.50. The van der Waals surface area contributed by atoms with E-state index in [4.69, 9.17) is 18.9 Å². The first-order valence-electron chi connectivity index (χ1n) is 10.6. The molecule has 1 N–H and O–H groups in total. The number of rotatable bonds is 3. The van der Waals surface area contributed by atoms with Gasteiger partial charge in [0.05, 0.1) is 18.5 Å². The van der Waals surface area contributed by atoms with E-state index in [1.807, 2.05) is 48.5 Å². The lowest BCUT2D eigenvalue weighted by Gasteiger charge is -2.26. The van der Waals surface area contributed by atoms with Crippen LogP contribution in [0.5, 0.6) is 5.75 Å². The Labute approximate surface area is 184 Å². The van der Waals surface area contributed by atoms with Gasteiger partial charge in [0.1, 0.15) is 22.8 Å². The van der Waals surface area contributed by atoms with Crippen LogP contribution < -0.4 is 10.1 Å². The fraction of sp³-hybridized carbons (Fsp3) is 0.200. The largest absolute Gasteiger partial charge is 0.495 e. The lowest BCUT2D eigenvalue weighted by molar-refractivity contribution is 0.143. The molecule has 0 unspecified atom stereocenters. The maximum absolute atomic E-state index is 12.8. The van der Waals surface area contributed by atoms with Crippen LogP contribution in [0.15, 0.2) is 70.1 Å². The summed E-state index contributed by atoms with van der Waals surface area (Å²) in [5.41, 5.74) is 4.07. The van der Waals surface area contributed by atoms with Crippen LogP contribution in [0.4, 0.5) is 16.2 Å². The summed E-state index contributed by atoms with van der Waals surface area (Å²) in [6.45, 7) is 1.59. The molecule has 7 heteroatoms. The van der Waals surface area contributed by atoms with Gasteiger partial charge in [-0.3, -0.25) is 5.32 Å². The van der Waals surface area contributed by atoms with Crippen molar-refractivity contribution in [3.05, 3.63) is 66.2 Å². The number of hydrogen-bond acceptors (Lipinski definition) is 6. The summed E-state index contributed by atoms with van der Waals surface area (Å²) < 4.78 is 17.2. The standard InChI is InChI=1S/C25H21N3O4/c1-30-23-12-17-16-7-3-5-9-20(16)31-22(17)13-19(23)27-25(29)32-21-10-11-28-14-15-6-2-4-8-18(15)26-24(21)28/h2-9,12-13,21H,10-11,14H2,1H3,(H,27,29)/t21-/m1/s1. The van der Waals surface area contributed by atoms with E-state index in [1.165, 1.54) is 5.56 Å². The quantitative estimate of drug-likeness (QED) is 0.470. The maximum Gasteiger partial charge on any atom is 0.412 e. The molecule has 3 heterocycles. The Kier molecular flexibility index (Phi) is 4.28. The predicted octanol–water partition coefficient (Wildman–Crippen LogP) is 5.46. The van der Waals surface area contributed by atoms with Crippen molar-refractivity contribution in [3.8, 4) is 5.75 Å². The molecule has 32 heavy (non-hydrogen) atoms. The molecule has 1 aromatic heterocycles. The first kappa shape index (κ1) is 18.7. The van der Waals surface area contributed by atoms with Gasteiger partial charge < -0.3 is 18.8 Å². The molecule has 1 amide bonds. The van der Waals surface area contributed by atoms with Crippen LogP contribution in [0.2, 0.25) is 0 Å². The Morgan fingerprint density at radius 3 is 2.84 bits per heavy atom. The molecule has 1 fully saturated rings. The van der Waals surface area contributed by atoms with Crippen molar-refractivity contribution in [2.24, 2.45) is 4.99 Å². The van der Waals surface area contributed by atoms with Gasteiger partial charge in [0, 0.05) is 36.3 Å².